The Kier molecular flexibility index (Phi) is 10.0. The van der Waals surface area contributed by atoms with Crippen molar-refractivity contribution in [2.45, 2.75) is 89.5 Å². The Morgan fingerprint density at radius 3 is 2.97 bits per heavy atom. The summed E-state index contributed by atoms with van der Waals surface area (Å²) in [6, 6.07) is 0. The Morgan fingerprint density at radius 2 is 2.21 bits per heavy atom. The van der Waals surface area contributed by atoms with Gasteiger partial charge in [0, 0.05) is 0 Å². The maximum absolute atomic E-state index is 12.5. The minimum atomic E-state index is -0.577. The second-order valence-electron chi connectivity index (χ2n) is 9.90. The summed E-state index contributed by atoms with van der Waals surface area (Å²) >= 11 is 2.11. The molecule has 2 aliphatic carbocycles. The first kappa shape index (κ1) is 27.6. The number of aliphatic hydroxyl groups excluding tert-OH is 1. The summed E-state index contributed by atoms with van der Waals surface area (Å²) in [6.45, 7) is 6.71. The van der Waals surface area contributed by atoms with Crippen molar-refractivity contribution in [1.29, 1.82) is 0 Å². The number of carbonyl (C=O) groups is 2. The first-order valence-electron chi connectivity index (χ1n) is 12.3. The maximum atomic E-state index is 12.5. The van der Waals surface area contributed by atoms with Crippen LogP contribution in [-0.2, 0) is 19.1 Å². The van der Waals surface area contributed by atoms with Crippen LogP contribution in [0.3, 0.4) is 0 Å². The van der Waals surface area contributed by atoms with Crippen molar-refractivity contribution in [2.75, 3.05) is 12.4 Å². The van der Waals surface area contributed by atoms with E-state index in [-0.39, 0.29) is 34.0 Å². The van der Waals surface area contributed by atoms with Gasteiger partial charge >= 0.3 is 237 Å². The number of carbonyl (C=O) groups excluding carboxylic acids is 2. The van der Waals surface area contributed by atoms with Crippen molar-refractivity contribution >= 4 is 56.1 Å². The van der Waals surface area contributed by atoms with E-state index in [1.807, 2.05) is 21.6 Å². The number of cyclic esters (lactones) is 1. The third-order valence-electron chi connectivity index (χ3n) is 7.65. The van der Waals surface area contributed by atoms with Gasteiger partial charge in [-0.25, -0.2) is 0 Å². The summed E-state index contributed by atoms with van der Waals surface area (Å²) in [5, 5.41) is 11.2. The van der Waals surface area contributed by atoms with Gasteiger partial charge in [0.05, 0.1) is 0 Å². The number of halogens is 2. The molecular formula is C25H35I2O5S2-. The third-order valence-corrected chi connectivity index (χ3v) is 17.6. The summed E-state index contributed by atoms with van der Waals surface area (Å²) in [4.78, 5) is 24.9. The van der Waals surface area contributed by atoms with Crippen molar-refractivity contribution in [3.05, 3.63) is 21.8 Å². The molecule has 2 saturated heterocycles. The normalized spacial score (nSPS) is 39.3. The van der Waals surface area contributed by atoms with E-state index in [4.69, 9.17) is 9.47 Å². The van der Waals surface area contributed by atoms with Crippen LogP contribution in [0.25, 0.3) is 0 Å². The molecular weight excluding hydrogens is 698 g/mol. The zero-order chi connectivity index (χ0) is 24.3. The monoisotopic (exact) mass is 733 g/mol. The number of aliphatic hydroxyl groups is 1. The third kappa shape index (κ3) is 6.32. The van der Waals surface area contributed by atoms with Crippen molar-refractivity contribution in [3.63, 3.8) is 0 Å². The molecule has 0 bridgehead atoms. The topological polar surface area (TPSA) is 72.8 Å². The summed E-state index contributed by atoms with van der Waals surface area (Å²) in [5.74, 6) is 1.41. The number of hydrogen-bond donors (Lipinski definition) is 1. The van der Waals surface area contributed by atoms with Crippen molar-refractivity contribution in [2.24, 2.45) is 11.8 Å². The van der Waals surface area contributed by atoms with Crippen molar-refractivity contribution in [1.82, 2.24) is 0 Å². The molecule has 2 heterocycles. The molecule has 2 saturated carbocycles. The molecule has 0 amide bonds. The van der Waals surface area contributed by atoms with E-state index in [9.17, 15) is 14.7 Å². The Morgan fingerprint density at radius 1 is 1.38 bits per heavy atom. The summed E-state index contributed by atoms with van der Waals surface area (Å²) in [5.41, 5.74) is 1.80. The average Bonchev–Trinajstić information content (AvgIpc) is 3.44. The number of rotatable bonds is 8. The number of allylic oxidation sites excluding steroid dienone is 1. The molecule has 0 aromatic heterocycles. The molecule has 4 rings (SSSR count). The molecule has 4 fully saturated rings. The van der Waals surface area contributed by atoms with E-state index in [0.29, 0.717) is 21.8 Å². The van der Waals surface area contributed by atoms with Crippen LogP contribution in [0.5, 0.6) is 0 Å². The summed E-state index contributed by atoms with van der Waals surface area (Å²) < 4.78 is 13.5. The Labute approximate surface area is 235 Å². The minimum absolute atomic E-state index is 0.0842. The fourth-order valence-electron chi connectivity index (χ4n) is 5.56. The van der Waals surface area contributed by atoms with E-state index in [0.717, 1.165) is 50.2 Å². The van der Waals surface area contributed by atoms with Gasteiger partial charge in [0.2, 0.25) is 0 Å². The SMILES string of the molecule is C=C1CCC2[C@@H](C)C(O)CCC2(I)C1[I-]/C=C1/C(=O)OCC1OC(=O)CCCCC1CCSS1. The summed E-state index contributed by atoms with van der Waals surface area (Å²) in [7, 11) is 3.92. The van der Waals surface area contributed by atoms with Gasteiger partial charge in [-0.2, -0.15) is 0 Å². The molecule has 0 radical (unpaired) electrons. The molecule has 1 N–H and O–H groups in total. The number of esters is 2. The molecule has 6 unspecified atom stereocenters. The fourth-order valence-corrected chi connectivity index (χ4v) is 14.7. The van der Waals surface area contributed by atoms with Crippen molar-refractivity contribution < 1.29 is 45.4 Å². The Balaban J connectivity index is 1.33. The molecule has 5 nitrogen and oxygen atoms in total. The van der Waals surface area contributed by atoms with E-state index >= 15 is 0 Å². The molecule has 2 aliphatic heterocycles. The molecule has 4 aliphatic rings. The predicted molar refractivity (Wildman–Crippen MR) is 143 cm³/mol. The van der Waals surface area contributed by atoms with E-state index < -0.39 is 27.3 Å². The Hall–Kier alpha value is 0.540. The van der Waals surface area contributed by atoms with Gasteiger partial charge in [-0.1, -0.05) is 0 Å². The van der Waals surface area contributed by atoms with Gasteiger partial charge in [0.25, 0.3) is 0 Å². The molecule has 34 heavy (non-hydrogen) atoms. The first-order valence-corrected chi connectivity index (χ1v) is 18.3. The van der Waals surface area contributed by atoms with Gasteiger partial charge in [0.1, 0.15) is 0 Å². The Bertz CT molecular complexity index is 815. The average molecular weight is 733 g/mol. The predicted octanol–water partition coefficient (Wildman–Crippen LogP) is 2.44. The van der Waals surface area contributed by atoms with Crippen LogP contribution in [0.1, 0.15) is 64.7 Å². The van der Waals surface area contributed by atoms with Gasteiger partial charge in [-0.15, -0.1) is 0 Å². The standard InChI is InChI=1S/C25H35I2O5S2/c1-15-7-8-19-16(2)20(28)9-11-25(19,26)23(15)27-13-18-21(14-31-24(18)30)32-22(29)6-4-3-5-17-10-12-33-34-17/h13,16-17,19-21,23,28H,1,3-12,14H2,2H3/q-1/b18-13+/t16-,17?,19?,20?,21?,23?,25?/m1/s1. The van der Waals surface area contributed by atoms with Crippen LogP contribution in [0.4, 0.5) is 0 Å². The molecule has 0 spiro atoms. The van der Waals surface area contributed by atoms with Crippen LogP contribution in [0.15, 0.2) is 21.8 Å². The van der Waals surface area contributed by atoms with Crippen LogP contribution in [0.2, 0.25) is 0 Å². The zero-order valence-electron chi connectivity index (χ0n) is 19.7. The van der Waals surface area contributed by atoms with E-state index in [2.05, 4.69) is 40.2 Å². The van der Waals surface area contributed by atoms with Crippen LogP contribution in [0, 0.1) is 11.8 Å². The van der Waals surface area contributed by atoms with Crippen LogP contribution >= 0.6 is 44.2 Å². The second kappa shape index (κ2) is 12.4. The fraction of sp³-hybridized carbons (Fsp3) is 0.760. The molecule has 0 aromatic carbocycles. The number of hydrogen-bond acceptors (Lipinski definition) is 7. The number of ether oxygens (including phenoxy) is 2. The quantitative estimate of drug-likeness (QED) is 0.0783. The molecule has 192 valence electrons. The molecule has 7 atom stereocenters. The molecule has 0 aromatic rings. The van der Waals surface area contributed by atoms with Gasteiger partial charge in [-0.3, -0.25) is 0 Å². The number of fused-ring (bicyclic) bond motifs is 1. The van der Waals surface area contributed by atoms with Crippen molar-refractivity contribution in [3.8, 4) is 0 Å². The van der Waals surface area contributed by atoms with Gasteiger partial charge in [-0.05, 0) is 0 Å². The number of alkyl halides is 2. The molecule has 9 heteroatoms. The van der Waals surface area contributed by atoms with Gasteiger partial charge < -0.3 is 0 Å². The van der Waals surface area contributed by atoms with Crippen LogP contribution < -0.4 is 21.2 Å². The first-order chi connectivity index (χ1) is 16.3. The van der Waals surface area contributed by atoms with Crippen LogP contribution in [-0.4, -0.2) is 54.2 Å². The zero-order valence-corrected chi connectivity index (χ0v) is 25.6. The van der Waals surface area contributed by atoms with Gasteiger partial charge in [0.15, 0.2) is 0 Å². The second-order valence-corrected chi connectivity index (χ2v) is 17.3. The van der Waals surface area contributed by atoms with E-state index in [1.165, 1.54) is 17.7 Å². The summed E-state index contributed by atoms with van der Waals surface area (Å²) in [6.07, 6.45) is 7.77. The number of unbranched alkanes of at least 4 members (excludes halogenated alkanes) is 1. The van der Waals surface area contributed by atoms with E-state index in [1.54, 1.807) is 0 Å².